The average molecular weight is 241 g/mol. The monoisotopic (exact) mass is 241 g/mol. The molecule has 1 aliphatic rings. The van der Waals surface area contributed by atoms with Crippen molar-refractivity contribution in [3.05, 3.63) is 0 Å². The third kappa shape index (κ3) is 2.99. The van der Waals surface area contributed by atoms with Crippen molar-refractivity contribution in [1.29, 1.82) is 0 Å². The molecule has 0 unspecified atom stereocenters. The number of carbonyl (C=O) groups is 2. The van der Waals surface area contributed by atoms with E-state index in [-0.39, 0.29) is 11.3 Å². The topological polar surface area (TPSA) is 66.4 Å². The number of carboxylic acid groups (broad SMARTS) is 1. The van der Waals surface area contributed by atoms with E-state index in [4.69, 9.17) is 5.11 Å². The van der Waals surface area contributed by atoms with E-state index in [1.165, 1.54) is 0 Å². The van der Waals surface area contributed by atoms with Gasteiger partial charge in [0.2, 0.25) is 5.91 Å². The molecule has 0 aliphatic heterocycles. The fourth-order valence-electron chi connectivity index (χ4n) is 2.32. The minimum atomic E-state index is -1.14. The number of aliphatic carboxylic acids is 1. The second kappa shape index (κ2) is 5.07. The molecule has 0 aromatic carbocycles. The van der Waals surface area contributed by atoms with Gasteiger partial charge in [0.25, 0.3) is 0 Å². The predicted octanol–water partition coefficient (Wildman–Crippen LogP) is 2.18. The zero-order valence-corrected chi connectivity index (χ0v) is 11.0. The minimum Gasteiger partial charge on any atom is -0.480 e. The lowest BCUT2D eigenvalue weighted by molar-refractivity contribution is -0.162. The summed E-state index contributed by atoms with van der Waals surface area (Å²) in [5.41, 5.74) is -1.10. The predicted molar refractivity (Wildman–Crippen MR) is 65.6 cm³/mol. The average Bonchev–Trinajstić information content (AvgIpc) is 2.12. The van der Waals surface area contributed by atoms with Gasteiger partial charge in [-0.2, -0.15) is 0 Å². The van der Waals surface area contributed by atoms with Gasteiger partial charge in [-0.3, -0.25) is 9.59 Å². The Kier molecular flexibility index (Phi) is 4.17. The van der Waals surface area contributed by atoms with E-state index in [1.54, 1.807) is 0 Å². The molecule has 0 radical (unpaired) electrons. The Hall–Kier alpha value is -1.06. The van der Waals surface area contributed by atoms with Crippen molar-refractivity contribution >= 4 is 11.9 Å². The number of carboxylic acids is 1. The lowest BCUT2D eigenvalue weighted by Gasteiger charge is -2.37. The van der Waals surface area contributed by atoms with Crippen molar-refractivity contribution < 1.29 is 14.7 Å². The fraction of sp³-hybridized carbons (Fsp3) is 0.846. The lowest BCUT2D eigenvalue weighted by Crippen LogP contribution is -2.52. The maximum Gasteiger partial charge on any atom is 0.319 e. The molecule has 4 heteroatoms. The van der Waals surface area contributed by atoms with Crippen LogP contribution in [-0.4, -0.2) is 23.5 Å². The van der Waals surface area contributed by atoms with E-state index >= 15 is 0 Å². The molecule has 1 fully saturated rings. The Bertz CT molecular complexity index is 306. The van der Waals surface area contributed by atoms with Crippen molar-refractivity contribution in [2.75, 3.05) is 6.54 Å². The summed E-state index contributed by atoms with van der Waals surface area (Å²) < 4.78 is 0. The highest BCUT2D eigenvalue weighted by Crippen LogP contribution is 2.41. The first-order chi connectivity index (χ1) is 7.84. The summed E-state index contributed by atoms with van der Waals surface area (Å²) >= 11 is 0. The highest BCUT2D eigenvalue weighted by Gasteiger charge is 2.51. The van der Waals surface area contributed by atoms with Crippen LogP contribution in [0.1, 0.15) is 52.9 Å². The molecule has 17 heavy (non-hydrogen) atoms. The zero-order chi connectivity index (χ0) is 13.1. The van der Waals surface area contributed by atoms with Gasteiger partial charge in [0, 0.05) is 6.54 Å². The van der Waals surface area contributed by atoms with Gasteiger partial charge in [-0.1, -0.05) is 33.6 Å². The highest BCUT2D eigenvalue weighted by atomic mass is 16.4. The highest BCUT2D eigenvalue weighted by molar-refractivity contribution is 6.02. The molecule has 0 bridgehead atoms. The van der Waals surface area contributed by atoms with Crippen LogP contribution in [0.2, 0.25) is 0 Å². The molecule has 0 aromatic rings. The van der Waals surface area contributed by atoms with Gasteiger partial charge in [-0.25, -0.2) is 0 Å². The first-order valence-corrected chi connectivity index (χ1v) is 6.36. The van der Waals surface area contributed by atoms with Crippen LogP contribution in [-0.2, 0) is 9.59 Å². The Labute approximate surface area is 103 Å². The van der Waals surface area contributed by atoms with Crippen LogP contribution < -0.4 is 5.32 Å². The quantitative estimate of drug-likeness (QED) is 0.700. The third-order valence-corrected chi connectivity index (χ3v) is 3.71. The zero-order valence-electron chi connectivity index (χ0n) is 11.0. The molecule has 0 spiro atoms. The van der Waals surface area contributed by atoms with Crippen molar-refractivity contribution in [3.63, 3.8) is 0 Å². The molecule has 2 N–H and O–H groups in total. The normalized spacial score (nSPS) is 18.3. The van der Waals surface area contributed by atoms with Gasteiger partial charge in [0.05, 0.1) is 0 Å². The van der Waals surface area contributed by atoms with Gasteiger partial charge >= 0.3 is 5.97 Å². The number of amides is 1. The van der Waals surface area contributed by atoms with E-state index < -0.39 is 11.4 Å². The van der Waals surface area contributed by atoms with E-state index in [9.17, 15) is 9.59 Å². The van der Waals surface area contributed by atoms with Crippen LogP contribution in [0.25, 0.3) is 0 Å². The molecule has 4 nitrogen and oxygen atoms in total. The molecule has 1 rings (SSSR count). The Morgan fingerprint density at radius 2 is 1.94 bits per heavy atom. The molecule has 0 heterocycles. The first-order valence-electron chi connectivity index (χ1n) is 6.36. The summed E-state index contributed by atoms with van der Waals surface area (Å²) in [6.45, 7) is 6.83. The van der Waals surface area contributed by atoms with E-state index in [1.807, 2.05) is 0 Å². The van der Waals surface area contributed by atoms with Crippen LogP contribution in [0.3, 0.4) is 0 Å². The number of carbonyl (C=O) groups excluding carboxylic acids is 1. The van der Waals surface area contributed by atoms with Gasteiger partial charge in [-0.05, 0) is 24.7 Å². The molecule has 0 atom stereocenters. The number of hydrogen-bond acceptors (Lipinski definition) is 2. The van der Waals surface area contributed by atoms with Crippen LogP contribution in [0.4, 0.5) is 0 Å². The number of rotatable bonds is 6. The maximum atomic E-state index is 11.9. The van der Waals surface area contributed by atoms with E-state index in [0.29, 0.717) is 19.4 Å². The van der Waals surface area contributed by atoms with Gasteiger partial charge in [-0.15, -0.1) is 0 Å². The Morgan fingerprint density at radius 1 is 1.35 bits per heavy atom. The molecular weight excluding hydrogens is 218 g/mol. The van der Waals surface area contributed by atoms with Crippen molar-refractivity contribution in [2.45, 2.75) is 52.9 Å². The van der Waals surface area contributed by atoms with Crippen LogP contribution in [0.15, 0.2) is 0 Å². The maximum absolute atomic E-state index is 11.9. The number of nitrogens with one attached hydrogen (secondary N) is 1. The van der Waals surface area contributed by atoms with Crippen LogP contribution >= 0.6 is 0 Å². The summed E-state index contributed by atoms with van der Waals surface area (Å²) in [4.78, 5) is 23.1. The van der Waals surface area contributed by atoms with Crippen LogP contribution in [0, 0.1) is 10.8 Å². The summed E-state index contributed by atoms with van der Waals surface area (Å²) in [5, 5.41) is 11.9. The smallest absolute Gasteiger partial charge is 0.319 e. The lowest BCUT2D eigenvalue weighted by atomic mass is 9.68. The second-order valence-electron chi connectivity index (χ2n) is 5.84. The van der Waals surface area contributed by atoms with E-state index in [0.717, 1.165) is 19.3 Å². The second-order valence-corrected chi connectivity index (χ2v) is 5.84. The SMILES string of the molecule is CCCC(C)(C)CNC(=O)C1(C(=O)O)CCC1. The van der Waals surface area contributed by atoms with Crippen LogP contribution in [0.5, 0.6) is 0 Å². The standard InChI is InChI=1S/C13H23NO3/c1-4-6-12(2,3)9-14-10(15)13(11(16)17)7-5-8-13/h4-9H2,1-3H3,(H,14,15)(H,16,17). The summed E-state index contributed by atoms with van der Waals surface area (Å²) in [6.07, 6.45) is 3.86. The largest absolute Gasteiger partial charge is 0.480 e. The van der Waals surface area contributed by atoms with Crippen molar-refractivity contribution in [1.82, 2.24) is 5.32 Å². The molecule has 0 saturated heterocycles. The fourth-order valence-corrected chi connectivity index (χ4v) is 2.32. The first kappa shape index (κ1) is 14.0. The summed E-state index contributed by atoms with van der Waals surface area (Å²) in [6, 6.07) is 0. The van der Waals surface area contributed by atoms with E-state index in [2.05, 4.69) is 26.1 Å². The van der Waals surface area contributed by atoms with Gasteiger partial charge in [0.1, 0.15) is 5.41 Å². The van der Waals surface area contributed by atoms with Gasteiger partial charge < -0.3 is 10.4 Å². The minimum absolute atomic E-state index is 0.0356. The molecule has 0 aromatic heterocycles. The molecule has 98 valence electrons. The molecular formula is C13H23NO3. The Morgan fingerprint density at radius 3 is 2.29 bits per heavy atom. The number of hydrogen-bond donors (Lipinski definition) is 2. The molecule has 1 saturated carbocycles. The van der Waals surface area contributed by atoms with Crippen molar-refractivity contribution in [2.24, 2.45) is 10.8 Å². The summed E-state index contributed by atoms with van der Waals surface area (Å²) in [5.74, 6) is -1.28. The molecule has 1 amide bonds. The van der Waals surface area contributed by atoms with Crippen molar-refractivity contribution in [3.8, 4) is 0 Å². The molecule has 1 aliphatic carbocycles. The Balaban J connectivity index is 2.52. The third-order valence-electron chi connectivity index (χ3n) is 3.71. The van der Waals surface area contributed by atoms with Gasteiger partial charge in [0.15, 0.2) is 0 Å². The summed E-state index contributed by atoms with van der Waals surface area (Å²) in [7, 11) is 0.